The maximum Gasteiger partial charge on any atom is 0.320 e. The molecule has 1 aromatic carbocycles. The predicted molar refractivity (Wildman–Crippen MR) is 81.6 cm³/mol. The average Bonchev–Trinajstić information content (AvgIpc) is 2.96. The van der Waals surface area contributed by atoms with E-state index in [4.69, 9.17) is 5.11 Å². The minimum Gasteiger partial charge on any atom is -0.480 e. The van der Waals surface area contributed by atoms with Gasteiger partial charge in [0.1, 0.15) is 12.1 Å². The third-order valence-electron chi connectivity index (χ3n) is 4.05. The minimum atomic E-state index is -0.901. The lowest BCUT2D eigenvalue weighted by Gasteiger charge is -2.23. The summed E-state index contributed by atoms with van der Waals surface area (Å²) in [6, 6.07) is 8.47. The molecule has 1 fully saturated rings. The van der Waals surface area contributed by atoms with Crippen molar-refractivity contribution < 1.29 is 19.8 Å². The Labute approximate surface area is 129 Å². The molecular weight excluding hydrogens is 284 g/mol. The Kier molecular flexibility index (Phi) is 5.91. The van der Waals surface area contributed by atoms with Crippen LogP contribution >= 0.6 is 0 Å². The normalized spacial score (nSPS) is 19.9. The van der Waals surface area contributed by atoms with Gasteiger partial charge in [-0.15, -0.1) is 0 Å². The van der Waals surface area contributed by atoms with Gasteiger partial charge in [-0.25, -0.2) is 0 Å². The van der Waals surface area contributed by atoms with E-state index in [2.05, 4.69) is 5.32 Å². The Balaban J connectivity index is 1.84. The Morgan fingerprint density at radius 2 is 2.00 bits per heavy atom. The number of nitrogens with one attached hydrogen (secondary N) is 1. The van der Waals surface area contributed by atoms with Crippen LogP contribution in [0, 0.1) is 0 Å². The fraction of sp³-hybridized carbons (Fsp3) is 0.500. The minimum absolute atomic E-state index is 0.395. The zero-order valence-electron chi connectivity index (χ0n) is 12.4. The van der Waals surface area contributed by atoms with E-state index in [0.717, 1.165) is 18.5 Å². The molecule has 6 heteroatoms. The zero-order chi connectivity index (χ0) is 15.9. The molecule has 22 heavy (non-hydrogen) atoms. The summed E-state index contributed by atoms with van der Waals surface area (Å²) < 4.78 is 0. The molecule has 0 unspecified atom stereocenters. The monoisotopic (exact) mass is 306 g/mol. The van der Waals surface area contributed by atoms with Gasteiger partial charge >= 0.3 is 11.9 Å². The zero-order valence-corrected chi connectivity index (χ0v) is 12.4. The van der Waals surface area contributed by atoms with Crippen LogP contribution in [-0.2, 0) is 16.1 Å². The number of carboxylic acids is 2. The standard InChI is InChI=1S/C16H22N2O4/c19-15(20)13(17-11-12-5-2-1-3-6-12)8-10-18-9-4-7-14(18)16(21)22/h1-3,5-6,13-14,17H,4,7-11H2,(H,19,20)(H,21,22)/t13-,14-/m0/s1. The maximum atomic E-state index is 11.3. The molecule has 1 saturated heterocycles. The number of aliphatic carboxylic acids is 2. The summed E-state index contributed by atoms with van der Waals surface area (Å²) in [4.78, 5) is 24.3. The van der Waals surface area contributed by atoms with Gasteiger partial charge in [-0.05, 0) is 31.4 Å². The van der Waals surface area contributed by atoms with Crippen molar-refractivity contribution >= 4 is 11.9 Å². The molecule has 3 N–H and O–H groups in total. The number of rotatable bonds is 8. The molecule has 1 aliphatic heterocycles. The Bertz CT molecular complexity index is 506. The van der Waals surface area contributed by atoms with Crippen LogP contribution in [-0.4, -0.2) is 52.2 Å². The van der Waals surface area contributed by atoms with Gasteiger partial charge in [0.2, 0.25) is 0 Å². The lowest BCUT2D eigenvalue weighted by atomic mass is 10.1. The molecule has 0 amide bonds. The van der Waals surface area contributed by atoms with E-state index < -0.39 is 24.0 Å². The van der Waals surface area contributed by atoms with Crippen molar-refractivity contribution in [1.82, 2.24) is 10.2 Å². The van der Waals surface area contributed by atoms with Crippen LogP contribution in [0.3, 0.4) is 0 Å². The second-order valence-corrected chi connectivity index (χ2v) is 5.58. The van der Waals surface area contributed by atoms with Crippen LogP contribution in [0.5, 0.6) is 0 Å². The number of nitrogens with zero attached hydrogens (tertiary/aromatic N) is 1. The molecule has 1 aliphatic rings. The molecule has 0 radical (unpaired) electrons. The van der Waals surface area contributed by atoms with Gasteiger partial charge in [0.25, 0.3) is 0 Å². The highest BCUT2D eigenvalue weighted by Gasteiger charge is 2.31. The average molecular weight is 306 g/mol. The van der Waals surface area contributed by atoms with Crippen LogP contribution in [0.2, 0.25) is 0 Å². The highest BCUT2D eigenvalue weighted by atomic mass is 16.4. The molecule has 2 rings (SSSR count). The van der Waals surface area contributed by atoms with Crippen molar-refractivity contribution in [2.75, 3.05) is 13.1 Å². The van der Waals surface area contributed by atoms with E-state index in [1.165, 1.54) is 0 Å². The largest absolute Gasteiger partial charge is 0.480 e. The van der Waals surface area contributed by atoms with Crippen molar-refractivity contribution in [3.63, 3.8) is 0 Å². The van der Waals surface area contributed by atoms with E-state index >= 15 is 0 Å². The molecular formula is C16H22N2O4. The van der Waals surface area contributed by atoms with E-state index in [9.17, 15) is 14.7 Å². The van der Waals surface area contributed by atoms with Gasteiger partial charge in [0, 0.05) is 13.1 Å². The molecule has 6 nitrogen and oxygen atoms in total. The van der Waals surface area contributed by atoms with E-state index in [1.807, 2.05) is 35.2 Å². The van der Waals surface area contributed by atoms with Crippen LogP contribution in [0.25, 0.3) is 0 Å². The third kappa shape index (κ3) is 4.54. The first kappa shape index (κ1) is 16.5. The van der Waals surface area contributed by atoms with E-state index in [0.29, 0.717) is 25.9 Å². The topological polar surface area (TPSA) is 89.9 Å². The van der Waals surface area contributed by atoms with Crippen molar-refractivity contribution in [3.05, 3.63) is 35.9 Å². The fourth-order valence-corrected chi connectivity index (χ4v) is 2.82. The lowest BCUT2D eigenvalue weighted by molar-refractivity contribution is -0.142. The number of hydrogen-bond donors (Lipinski definition) is 3. The smallest absolute Gasteiger partial charge is 0.320 e. The second-order valence-electron chi connectivity index (χ2n) is 5.58. The first-order valence-electron chi connectivity index (χ1n) is 7.55. The quantitative estimate of drug-likeness (QED) is 0.668. The summed E-state index contributed by atoms with van der Waals surface area (Å²) in [7, 11) is 0. The molecule has 0 aliphatic carbocycles. The summed E-state index contributed by atoms with van der Waals surface area (Å²) in [6.45, 7) is 1.69. The summed E-state index contributed by atoms with van der Waals surface area (Å²) >= 11 is 0. The molecule has 0 aromatic heterocycles. The summed E-state index contributed by atoms with van der Waals surface area (Å²) in [6.07, 6.45) is 1.89. The van der Waals surface area contributed by atoms with E-state index in [1.54, 1.807) is 0 Å². The molecule has 0 saturated carbocycles. The van der Waals surface area contributed by atoms with Crippen molar-refractivity contribution in [2.24, 2.45) is 0 Å². The van der Waals surface area contributed by atoms with Crippen LogP contribution in [0.4, 0.5) is 0 Å². The number of hydrogen-bond acceptors (Lipinski definition) is 4. The molecule has 120 valence electrons. The highest BCUT2D eigenvalue weighted by molar-refractivity contribution is 5.74. The van der Waals surface area contributed by atoms with Crippen LogP contribution < -0.4 is 5.32 Å². The van der Waals surface area contributed by atoms with Gasteiger partial charge in [-0.2, -0.15) is 0 Å². The molecule has 1 heterocycles. The number of benzene rings is 1. The summed E-state index contributed by atoms with van der Waals surface area (Å²) in [5.41, 5.74) is 1.03. The first-order valence-corrected chi connectivity index (χ1v) is 7.55. The second kappa shape index (κ2) is 7.91. The molecule has 0 bridgehead atoms. The SMILES string of the molecule is O=C(O)[C@H](CCN1CCC[C@H]1C(=O)O)NCc1ccccc1. The van der Waals surface area contributed by atoms with Gasteiger partial charge in [0.05, 0.1) is 0 Å². The fourth-order valence-electron chi connectivity index (χ4n) is 2.82. The van der Waals surface area contributed by atoms with Crippen molar-refractivity contribution in [2.45, 2.75) is 37.9 Å². The van der Waals surface area contributed by atoms with Gasteiger partial charge in [0.15, 0.2) is 0 Å². The van der Waals surface area contributed by atoms with Gasteiger partial charge < -0.3 is 15.5 Å². The predicted octanol–water partition coefficient (Wildman–Crippen LogP) is 1.17. The Morgan fingerprint density at radius 1 is 1.27 bits per heavy atom. The number of carboxylic acid groups (broad SMARTS) is 2. The maximum absolute atomic E-state index is 11.3. The van der Waals surface area contributed by atoms with E-state index in [-0.39, 0.29) is 0 Å². The lowest BCUT2D eigenvalue weighted by Crippen LogP contribution is -2.42. The summed E-state index contributed by atoms with van der Waals surface area (Å²) in [5, 5.41) is 21.5. The Morgan fingerprint density at radius 3 is 2.64 bits per heavy atom. The van der Waals surface area contributed by atoms with Gasteiger partial charge in [-0.3, -0.25) is 14.5 Å². The van der Waals surface area contributed by atoms with Crippen LogP contribution in [0.1, 0.15) is 24.8 Å². The van der Waals surface area contributed by atoms with Crippen molar-refractivity contribution in [1.29, 1.82) is 0 Å². The molecule has 2 atom stereocenters. The third-order valence-corrected chi connectivity index (χ3v) is 4.05. The molecule has 1 aromatic rings. The highest BCUT2D eigenvalue weighted by Crippen LogP contribution is 2.18. The molecule has 0 spiro atoms. The van der Waals surface area contributed by atoms with Crippen molar-refractivity contribution in [3.8, 4) is 0 Å². The van der Waals surface area contributed by atoms with Gasteiger partial charge in [-0.1, -0.05) is 30.3 Å². The summed E-state index contributed by atoms with van der Waals surface area (Å²) in [5.74, 6) is -1.72. The Hall–Kier alpha value is -1.92. The van der Waals surface area contributed by atoms with Crippen LogP contribution in [0.15, 0.2) is 30.3 Å². The number of likely N-dealkylation sites (tertiary alicyclic amines) is 1. The first-order chi connectivity index (χ1) is 10.6. The number of carbonyl (C=O) groups is 2.